The van der Waals surface area contributed by atoms with Crippen LogP contribution in [-0.4, -0.2) is 13.1 Å². The van der Waals surface area contributed by atoms with Crippen molar-refractivity contribution in [1.29, 1.82) is 5.26 Å². The molecule has 0 aliphatic heterocycles. The van der Waals surface area contributed by atoms with Crippen molar-refractivity contribution in [1.82, 2.24) is 0 Å². The average molecular weight is 256 g/mol. The van der Waals surface area contributed by atoms with Gasteiger partial charge in [0.05, 0.1) is 7.11 Å². The highest BCUT2D eigenvalue weighted by Crippen LogP contribution is 2.23. The first kappa shape index (κ1) is 12.6. The van der Waals surface area contributed by atoms with Crippen LogP contribution < -0.4 is 0 Å². The summed E-state index contributed by atoms with van der Waals surface area (Å²) >= 11 is 11.6. The molecule has 5 heteroatoms. The Balaban J connectivity index is 3.15. The van der Waals surface area contributed by atoms with Gasteiger partial charge in [-0.25, -0.2) is 4.79 Å². The second-order valence-electron chi connectivity index (χ2n) is 2.83. The Bertz CT molecular complexity index is 489. The van der Waals surface area contributed by atoms with Gasteiger partial charge < -0.3 is 4.74 Å². The van der Waals surface area contributed by atoms with Gasteiger partial charge in [-0.1, -0.05) is 29.3 Å². The molecule has 0 aromatic heterocycles. The van der Waals surface area contributed by atoms with E-state index in [2.05, 4.69) is 4.74 Å². The normalized spacial score (nSPS) is 10.8. The predicted molar refractivity (Wildman–Crippen MR) is 62.1 cm³/mol. The fraction of sp³-hybridized carbons (Fsp3) is 0.0909. The zero-order valence-corrected chi connectivity index (χ0v) is 9.84. The number of halogens is 2. The first-order chi connectivity index (χ1) is 7.58. The second-order valence-corrected chi connectivity index (χ2v) is 3.67. The number of nitrogens with zero attached hydrogens (tertiary/aromatic N) is 1. The summed E-state index contributed by atoms with van der Waals surface area (Å²) in [4.78, 5) is 11.1. The highest BCUT2D eigenvalue weighted by Gasteiger charge is 2.09. The summed E-state index contributed by atoms with van der Waals surface area (Å²) in [6, 6.07) is 6.50. The van der Waals surface area contributed by atoms with Gasteiger partial charge >= 0.3 is 5.97 Å². The zero-order chi connectivity index (χ0) is 12.1. The number of carbonyl (C=O) groups excluding carboxylic acids is 1. The number of carbonyl (C=O) groups is 1. The fourth-order valence-corrected chi connectivity index (χ4v) is 1.48. The molecule has 3 nitrogen and oxygen atoms in total. The van der Waals surface area contributed by atoms with E-state index in [1.165, 1.54) is 19.3 Å². The van der Waals surface area contributed by atoms with Gasteiger partial charge in [-0.05, 0) is 23.8 Å². The van der Waals surface area contributed by atoms with E-state index in [4.69, 9.17) is 28.5 Å². The van der Waals surface area contributed by atoms with Crippen LogP contribution in [0.2, 0.25) is 10.0 Å². The quantitative estimate of drug-likeness (QED) is 0.464. The summed E-state index contributed by atoms with van der Waals surface area (Å²) in [6.45, 7) is 0. The zero-order valence-electron chi connectivity index (χ0n) is 8.33. The van der Waals surface area contributed by atoms with E-state index < -0.39 is 5.97 Å². The van der Waals surface area contributed by atoms with Gasteiger partial charge in [0.25, 0.3) is 0 Å². The summed E-state index contributed by atoms with van der Waals surface area (Å²) in [5.41, 5.74) is 0.416. The molecule has 0 spiro atoms. The van der Waals surface area contributed by atoms with Gasteiger partial charge in [0.2, 0.25) is 0 Å². The Labute approximate surface area is 103 Å². The third kappa shape index (κ3) is 2.99. The maximum atomic E-state index is 11.1. The van der Waals surface area contributed by atoms with E-state index in [1.807, 2.05) is 0 Å². The molecule has 0 aliphatic carbocycles. The van der Waals surface area contributed by atoms with Crippen molar-refractivity contribution >= 4 is 35.2 Å². The number of ether oxygens (including phenoxy) is 1. The summed E-state index contributed by atoms with van der Waals surface area (Å²) < 4.78 is 4.44. The van der Waals surface area contributed by atoms with Crippen LogP contribution in [0.1, 0.15) is 5.56 Å². The Morgan fingerprint density at radius 2 is 2.19 bits per heavy atom. The van der Waals surface area contributed by atoms with Crippen LogP contribution in [0, 0.1) is 11.3 Å². The summed E-state index contributed by atoms with van der Waals surface area (Å²) in [5, 5.41) is 9.60. The lowest BCUT2D eigenvalue weighted by atomic mass is 10.1. The Morgan fingerprint density at radius 1 is 1.50 bits per heavy atom. The Hall–Kier alpha value is -1.50. The third-order valence-corrected chi connectivity index (χ3v) is 2.35. The lowest BCUT2D eigenvalue weighted by Crippen LogP contribution is -2.02. The number of benzene rings is 1. The van der Waals surface area contributed by atoms with Gasteiger partial charge in [0, 0.05) is 10.0 Å². The molecule has 0 amide bonds. The Kier molecular flexibility index (Phi) is 4.36. The molecular weight excluding hydrogens is 249 g/mol. The number of nitriles is 1. The first-order valence-corrected chi connectivity index (χ1v) is 4.99. The van der Waals surface area contributed by atoms with Crippen molar-refractivity contribution in [3.05, 3.63) is 39.4 Å². The highest BCUT2D eigenvalue weighted by molar-refractivity contribution is 6.35. The van der Waals surface area contributed by atoms with Crippen LogP contribution in [0.5, 0.6) is 0 Å². The van der Waals surface area contributed by atoms with Gasteiger partial charge in [-0.15, -0.1) is 0 Å². The largest absolute Gasteiger partial charge is 0.465 e. The van der Waals surface area contributed by atoms with E-state index in [0.29, 0.717) is 15.6 Å². The molecule has 0 saturated carbocycles. The Morgan fingerprint density at radius 3 is 2.69 bits per heavy atom. The first-order valence-electron chi connectivity index (χ1n) is 4.23. The summed E-state index contributed by atoms with van der Waals surface area (Å²) in [7, 11) is 1.21. The van der Waals surface area contributed by atoms with Crippen molar-refractivity contribution in [3.8, 4) is 6.07 Å². The van der Waals surface area contributed by atoms with Crippen molar-refractivity contribution in [2.24, 2.45) is 0 Å². The van der Waals surface area contributed by atoms with Gasteiger partial charge in [-0.2, -0.15) is 5.26 Å². The van der Waals surface area contributed by atoms with E-state index in [1.54, 1.807) is 18.2 Å². The van der Waals surface area contributed by atoms with Crippen molar-refractivity contribution < 1.29 is 9.53 Å². The smallest absolute Gasteiger partial charge is 0.348 e. The standard InChI is InChI=1S/C11H7Cl2NO2/c1-16-11(15)8(6-14)4-7-2-3-9(12)5-10(7)13/h2-5H,1H3. The monoisotopic (exact) mass is 255 g/mol. The van der Waals surface area contributed by atoms with Gasteiger partial charge in [0.15, 0.2) is 0 Å². The number of esters is 1. The molecule has 0 bridgehead atoms. The summed E-state index contributed by atoms with van der Waals surface area (Å²) in [6.07, 6.45) is 1.35. The maximum Gasteiger partial charge on any atom is 0.348 e. The minimum absolute atomic E-state index is 0.119. The maximum absolute atomic E-state index is 11.1. The summed E-state index contributed by atoms with van der Waals surface area (Å²) in [5.74, 6) is -0.700. The third-order valence-electron chi connectivity index (χ3n) is 1.79. The molecule has 0 N–H and O–H groups in total. The van der Waals surface area contributed by atoms with Crippen molar-refractivity contribution in [2.45, 2.75) is 0 Å². The molecule has 82 valence electrons. The molecule has 0 aliphatic rings. The van der Waals surface area contributed by atoms with Crippen LogP contribution in [-0.2, 0) is 9.53 Å². The SMILES string of the molecule is COC(=O)C(C#N)=Cc1ccc(Cl)cc1Cl. The second kappa shape index (κ2) is 5.55. The minimum Gasteiger partial charge on any atom is -0.465 e. The van der Waals surface area contributed by atoms with Crippen LogP contribution in [0.4, 0.5) is 0 Å². The molecule has 1 aromatic rings. The number of hydrogen-bond acceptors (Lipinski definition) is 3. The number of rotatable bonds is 2. The molecule has 0 fully saturated rings. The van der Waals surface area contributed by atoms with E-state index >= 15 is 0 Å². The van der Waals surface area contributed by atoms with Crippen LogP contribution in [0.25, 0.3) is 6.08 Å². The molecule has 0 atom stereocenters. The van der Waals surface area contributed by atoms with Gasteiger partial charge in [-0.3, -0.25) is 0 Å². The highest BCUT2D eigenvalue weighted by atomic mass is 35.5. The van der Waals surface area contributed by atoms with Crippen LogP contribution in [0.3, 0.4) is 0 Å². The predicted octanol–water partition coefficient (Wildman–Crippen LogP) is 3.07. The molecule has 0 saturated heterocycles. The van der Waals surface area contributed by atoms with Crippen molar-refractivity contribution in [2.75, 3.05) is 7.11 Å². The van der Waals surface area contributed by atoms with Crippen LogP contribution >= 0.6 is 23.2 Å². The lowest BCUT2D eigenvalue weighted by molar-refractivity contribution is -0.135. The average Bonchev–Trinajstić information content (AvgIpc) is 2.27. The minimum atomic E-state index is -0.700. The van der Waals surface area contributed by atoms with Gasteiger partial charge in [0.1, 0.15) is 11.6 Å². The van der Waals surface area contributed by atoms with E-state index in [-0.39, 0.29) is 5.57 Å². The fourth-order valence-electron chi connectivity index (χ4n) is 1.02. The molecule has 0 unspecified atom stereocenters. The molecule has 1 aromatic carbocycles. The van der Waals surface area contributed by atoms with E-state index in [0.717, 1.165) is 0 Å². The molecule has 0 heterocycles. The lowest BCUT2D eigenvalue weighted by Gasteiger charge is -2.00. The molecular formula is C11H7Cl2NO2. The molecule has 1 rings (SSSR count). The number of hydrogen-bond donors (Lipinski definition) is 0. The van der Waals surface area contributed by atoms with E-state index in [9.17, 15) is 4.79 Å². The molecule has 16 heavy (non-hydrogen) atoms. The molecule has 0 radical (unpaired) electrons. The topological polar surface area (TPSA) is 50.1 Å². The number of methoxy groups -OCH3 is 1. The van der Waals surface area contributed by atoms with Crippen molar-refractivity contribution in [3.63, 3.8) is 0 Å². The van der Waals surface area contributed by atoms with Crippen LogP contribution in [0.15, 0.2) is 23.8 Å².